The van der Waals surface area contributed by atoms with Crippen molar-refractivity contribution in [3.8, 4) is 0 Å². The van der Waals surface area contributed by atoms with Gasteiger partial charge in [0.25, 0.3) is 0 Å². The van der Waals surface area contributed by atoms with Crippen LogP contribution in [0.4, 0.5) is 0 Å². The first-order valence-corrected chi connectivity index (χ1v) is 5.10. The normalized spacial score (nSPS) is 12.8. The number of nitrogens with two attached hydrogens (primary N) is 1. The van der Waals surface area contributed by atoms with Crippen LogP contribution < -0.4 is 5.73 Å². The molecule has 1 unspecified atom stereocenters. The zero-order valence-corrected chi connectivity index (χ0v) is 8.23. The Labute approximate surface area is 77.9 Å². The van der Waals surface area contributed by atoms with Gasteiger partial charge >= 0.3 is 0 Å². The van der Waals surface area contributed by atoms with E-state index in [1.165, 1.54) is 10.4 Å². The maximum absolute atomic E-state index is 5.97. The lowest BCUT2D eigenvalue weighted by atomic mass is 10.1. The first kappa shape index (κ1) is 9.49. The number of hydrogen-bond donors (Lipinski definition) is 1. The van der Waals surface area contributed by atoms with Crippen LogP contribution in [0.25, 0.3) is 0 Å². The third-order valence-corrected chi connectivity index (χ3v) is 3.01. The summed E-state index contributed by atoms with van der Waals surface area (Å²) >= 11 is 1.75. The lowest BCUT2D eigenvalue weighted by Gasteiger charge is -2.08. The molecule has 0 aliphatic rings. The van der Waals surface area contributed by atoms with Gasteiger partial charge in [-0.1, -0.05) is 13.0 Å². The molecule has 2 heteroatoms. The first-order valence-electron chi connectivity index (χ1n) is 4.22. The van der Waals surface area contributed by atoms with Gasteiger partial charge in [0.15, 0.2) is 0 Å². The van der Waals surface area contributed by atoms with Crippen molar-refractivity contribution in [2.45, 2.75) is 25.8 Å². The SMILES string of the molecule is C=CCC(N)c1sccc1CC. The molecule has 0 spiro atoms. The Morgan fingerprint density at radius 3 is 3.08 bits per heavy atom. The predicted molar refractivity (Wildman–Crippen MR) is 55.4 cm³/mol. The van der Waals surface area contributed by atoms with Crippen LogP contribution in [-0.4, -0.2) is 0 Å². The van der Waals surface area contributed by atoms with Crippen LogP contribution in [0.1, 0.15) is 29.8 Å². The van der Waals surface area contributed by atoms with Gasteiger partial charge < -0.3 is 5.73 Å². The van der Waals surface area contributed by atoms with Crippen LogP contribution >= 0.6 is 11.3 Å². The highest BCUT2D eigenvalue weighted by Crippen LogP contribution is 2.25. The van der Waals surface area contributed by atoms with Gasteiger partial charge in [0.2, 0.25) is 0 Å². The van der Waals surface area contributed by atoms with Crippen molar-refractivity contribution < 1.29 is 0 Å². The third kappa shape index (κ3) is 1.96. The van der Waals surface area contributed by atoms with E-state index in [9.17, 15) is 0 Å². The zero-order valence-electron chi connectivity index (χ0n) is 7.42. The van der Waals surface area contributed by atoms with Crippen molar-refractivity contribution in [3.63, 3.8) is 0 Å². The summed E-state index contributed by atoms with van der Waals surface area (Å²) in [6, 6.07) is 2.31. The lowest BCUT2D eigenvalue weighted by molar-refractivity contribution is 0.748. The number of rotatable bonds is 4. The standard InChI is InChI=1S/C10H15NS/c1-3-5-9(11)10-8(4-2)6-7-12-10/h3,6-7,9H,1,4-5,11H2,2H3. The van der Waals surface area contributed by atoms with Gasteiger partial charge in [0.1, 0.15) is 0 Å². The maximum atomic E-state index is 5.97. The van der Waals surface area contributed by atoms with Gasteiger partial charge in [-0.2, -0.15) is 0 Å². The molecule has 0 saturated heterocycles. The summed E-state index contributed by atoms with van der Waals surface area (Å²) in [5.41, 5.74) is 7.35. The van der Waals surface area contributed by atoms with Crippen LogP contribution in [0.5, 0.6) is 0 Å². The maximum Gasteiger partial charge on any atom is 0.0427 e. The van der Waals surface area contributed by atoms with Crippen LogP contribution in [0.2, 0.25) is 0 Å². The molecule has 1 aromatic heterocycles. The average Bonchev–Trinajstić information content (AvgIpc) is 2.51. The lowest BCUT2D eigenvalue weighted by Crippen LogP contribution is -2.08. The summed E-state index contributed by atoms with van der Waals surface area (Å²) in [6.07, 6.45) is 3.82. The van der Waals surface area contributed by atoms with E-state index in [4.69, 9.17) is 5.73 Å². The van der Waals surface area contributed by atoms with E-state index in [0.717, 1.165) is 12.8 Å². The molecule has 1 heterocycles. The molecule has 0 aliphatic carbocycles. The molecule has 0 fully saturated rings. The smallest absolute Gasteiger partial charge is 0.0427 e. The number of aryl methyl sites for hydroxylation is 1. The molecular formula is C10H15NS. The molecule has 1 aromatic rings. The fourth-order valence-corrected chi connectivity index (χ4v) is 2.27. The summed E-state index contributed by atoms with van der Waals surface area (Å²) in [5, 5.41) is 2.11. The van der Waals surface area contributed by atoms with E-state index in [1.807, 2.05) is 6.08 Å². The molecule has 0 aromatic carbocycles. The molecule has 2 N–H and O–H groups in total. The number of thiophene rings is 1. The van der Waals surface area contributed by atoms with E-state index in [0.29, 0.717) is 0 Å². The molecule has 0 radical (unpaired) electrons. The summed E-state index contributed by atoms with van der Waals surface area (Å²) in [7, 11) is 0. The summed E-state index contributed by atoms with van der Waals surface area (Å²) in [6.45, 7) is 5.85. The van der Waals surface area contributed by atoms with Gasteiger partial charge in [0.05, 0.1) is 0 Å². The minimum atomic E-state index is 0.150. The molecule has 0 amide bonds. The van der Waals surface area contributed by atoms with E-state index >= 15 is 0 Å². The second-order valence-electron chi connectivity index (χ2n) is 2.79. The van der Waals surface area contributed by atoms with Crippen molar-refractivity contribution in [2.75, 3.05) is 0 Å². The third-order valence-electron chi connectivity index (χ3n) is 1.92. The van der Waals surface area contributed by atoms with Crippen molar-refractivity contribution >= 4 is 11.3 Å². The largest absolute Gasteiger partial charge is 0.323 e. The Hall–Kier alpha value is -0.600. The van der Waals surface area contributed by atoms with Crippen molar-refractivity contribution in [1.29, 1.82) is 0 Å². The zero-order chi connectivity index (χ0) is 8.97. The highest BCUT2D eigenvalue weighted by atomic mass is 32.1. The molecule has 66 valence electrons. The topological polar surface area (TPSA) is 26.0 Å². The molecule has 12 heavy (non-hydrogen) atoms. The highest BCUT2D eigenvalue weighted by molar-refractivity contribution is 7.10. The monoisotopic (exact) mass is 181 g/mol. The quantitative estimate of drug-likeness (QED) is 0.710. The Morgan fingerprint density at radius 1 is 1.75 bits per heavy atom. The summed E-state index contributed by atoms with van der Waals surface area (Å²) < 4.78 is 0. The van der Waals surface area contributed by atoms with Crippen LogP contribution in [0.15, 0.2) is 24.1 Å². The van der Waals surface area contributed by atoms with E-state index in [2.05, 4.69) is 24.9 Å². The minimum absolute atomic E-state index is 0.150. The summed E-state index contributed by atoms with van der Waals surface area (Å²) in [4.78, 5) is 1.32. The molecule has 1 atom stereocenters. The Kier molecular flexibility index (Phi) is 3.50. The highest BCUT2D eigenvalue weighted by Gasteiger charge is 2.09. The molecule has 0 aliphatic heterocycles. The van der Waals surface area contributed by atoms with Gasteiger partial charge in [-0.25, -0.2) is 0 Å². The van der Waals surface area contributed by atoms with Crippen LogP contribution in [0.3, 0.4) is 0 Å². The Morgan fingerprint density at radius 2 is 2.50 bits per heavy atom. The van der Waals surface area contributed by atoms with Gasteiger partial charge in [-0.3, -0.25) is 0 Å². The van der Waals surface area contributed by atoms with Crippen molar-refractivity contribution in [3.05, 3.63) is 34.5 Å². The number of hydrogen-bond acceptors (Lipinski definition) is 2. The Bertz CT molecular complexity index is 252. The second-order valence-corrected chi connectivity index (χ2v) is 3.74. The molecule has 0 saturated carbocycles. The van der Waals surface area contributed by atoms with Crippen LogP contribution in [0, 0.1) is 0 Å². The van der Waals surface area contributed by atoms with E-state index in [-0.39, 0.29) is 6.04 Å². The van der Waals surface area contributed by atoms with Crippen molar-refractivity contribution in [2.24, 2.45) is 5.73 Å². The van der Waals surface area contributed by atoms with Gasteiger partial charge in [-0.15, -0.1) is 17.9 Å². The van der Waals surface area contributed by atoms with Crippen molar-refractivity contribution in [1.82, 2.24) is 0 Å². The Balaban J connectivity index is 2.78. The second kappa shape index (κ2) is 4.43. The minimum Gasteiger partial charge on any atom is -0.323 e. The van der Waals surface area contributed by atoms with Gasteiger partial charge in [0, 0.05) is 10.9 Å². The first-order chi connectivity index (χ1) is 5.79. The van der Waals surface area contributed by atoms with Crippen LogP contribution in [-0.2, 0) is 6.42 Å². The molecular weight excluding hydrogens is 166 g/mol. The predicted octanol–water partition coefficient (Wildman–Crippen LogP) is 2.89. The molecule has 1 nitrogen and oxygen atoms in total. The summed E-state index contributed by atoms with van der Waals surface area (Å²) in [5.74, 6) is 0. The fraction of sp³-hybridized carbons (Fsp3) is 0.400. The van der Waals surface area contributed by atoms with E-state index in [1.54, 1.807) is 11.3 Å². The fourth-order valence-electron chi connectivity index (χ4n) is 1.25. The van der Waals surface area contributed by atoms with Gasteiger partial charge in [-0.05, 0) is 29.9 Å². The average molecular weight is 181 g/mol. The molecule has 1 rings (SSSR count). The molecule has 0 bridgehead atoms. The van der Waals surface area contributed by atoms with E-state index < -0.39 is 0 Å².